The topological polar surface area (TPSA) is 34.2 Å². The predicted molar refractivity (Wildman–Crippen MR) is 70.6 cm³/mol. The maximum absolute atomic E-state index is 5.37. The molecular weight excluding hydrogens is 232 g/mol. The Morgan fingerprint density at radius 1 is 1.47 bits per heavy atom. The Kier molecular flexibility index (Phi) is 4.12. The second-order valence-corrected chi connectivity index (χ2v) is 4.60. The highest BCUT2D eigenvalue weighted by Crippen LogP contribution is 2.31. The fourth-order valence-electron chi connectivity index (χ4n) is 1.82. The molecular formula is C13H16N2OS. The average molecular weight is 248 g/mol. The van der Waals surface area contributed by atoms with Gasteiger partial charge in [0.25, 0.3) is 0 Å². The molecule has 2 aromatic rings. The standard InChI is InChI=1S/C13H16N2OS/c1-3-15-13(12-5-4-8-17-12)10-6-7-14-9-11(10)16-2/h4-9,13,15H,3H2,1-2H3. The van der Waals surface area contributed by atoms with Crippen LogP contribution in [0.1, 0.15) is 23.4 Å². The highest BCUT2D eigenvalue weighted by Gasteiger charge is 2.17. The molecule has 2 rings (SSSR count). The number of hydrogen-bond acceptors (Lipinski definition) is 4. The number of methoxy groups -OCH3 is 1. The zero-order chi connectivity index (χ0) is 12.1. The molecule has 0 saturated carbocycles. The van der Waals surface area contributed by atoms with Crippen LogP contribution in [-0.4, -0.2) is 18.6 Å². The first kappa shape index (κ1) is 12.1. The van der Waals surface area contributed by atoms with Crippen LogP contribution in [0.25, 0.3) is 0 Å². The smallest absolute Gasteiger partial charge is 0.142 e. The average Bonchev–Trinajstić information content (AvgIpc) is 2.89. The molecule has 1 unspecified atom stereocenters. The van der Waals surface area contributed by atoms with Crippen molar-refractivity contribution in [3.63, 3.8) is 0 Å². The molecule has 1 atom stereocenters. The number of nitrogens with one attached hydrogen (secondary N) is 1. The summed E-state index contributed by atoms with van der Waals surface area (Å²) in [6.45, 7) is 3.02. The number of ether oxygens (including phenoxy) is 1. The molecule has 0 aromatic carbocycles. The van der Waals surface area contributed by atoms with Gasteiger partial charge in [-0.3, -0.25) is 4.98 Å². The van der Waals surface area contributed by atoms with E-state index >= 15 is 0 Å². The van der Waals surface area contributed by atoms with Gasteiger partial charge in [0.05, 0.1) is 19.3 Å². The van der Waals surface area contributed by atoms with Crippen LogP contribution in [0, 0.1) is 0 Å². The lowest BCUT2D eigenvalue weighted by atomic mass is 10.1. The third-order valence-electron chi connectivity index (χ3n) is 2.58. The highest BCUT2D eigenvalue weighted by molar-refractivity contribution is 7.10. The second kappa shape index (κ2) is 5.80. The second-order valence-electron chi connectivity index (χ2n) is 3.62. The Morgan fingerprint density at radius 2 is 2.35 bits per heavy atom. The van der Waals surface area contributed by atoms with Gasteiger partial charge < -0.3 is 10.1 Å². The Labute approximate surface area is 105 Å². The first-order valence-electron chi connectivity index (χ1n) is 5.61. The van der Waals surface area contributed by atoms with Gasteiger partial charge in [-0.1, -0.05) is 13.0 Å². The zero-order valence-corrected chi connectivity index (χ0v) is 10.8. The summed E-state index contributed by atoms with van der Waals surface area (Å²) in [7, 11) is 1.68. The maximum Gasteiger partial charge on any atom is 0.142 e. The van der Waals surface area contributed by atoms with Crippen LogP contribution in [-0.2, 0) is 0 Å². The lowest BCUT2D eigenvalue weighted by Gasteiger charge is -2.19. The maximum atomic E-state index is 5.37. The van der Waals surface area contributed by atoms with E-state index in [1.165, 1.54) is 4.88 Å². The van der Waals surface area contributed by atoms with E-state index in [1.807, 2.05) is 6.07 Å². The van der Waals surface area contributed by atoms with E-state index in [4.69, 9.17) is 4.74 Å². The van der Waals surface area contributed by atoms with Crippen LogP contribution >= 0.6 is 11.3 Å². The lowest BCUT2D eigenvalue weighted by Crippen LogP contribution is -2.21. The van der Waals surface area contributed by atoms with Crippen molar-refractivity contribution in [2.75, 3.05) is 13.7 Å². The summed E-state index contributed by atoms with van der Waals surface area (Å²) in [6, 6.07) is 6.39. The third-order valence-corrected chi connectivity index (χ3v) is 3.52. The van der Waals surface area contributed by atoms with E-state index in [-0.39, 0.29) is 6.04 Å². The summed E-state index contributed by atoms with van der Waals surface area (Å²) in [5.74, 6) is 0.826. The molecule has 0 spiro atoms. The van der Waals surface area contributed by atoms with Gasteiger partial charge in [0, 0.05) is 16.6 Å². The molecule has 0 saturated heterocycles. The monoisotopic (exact) mass is 248 g/mol. The van der Waals surface area contributed by atoms with Crippen molar-refractivity contribution in [2.24, 2.45) is 0 Å². The number of thiophene rings is 1. The summed E-state index contributed by atoms with van der Waals surface area (Å²) in [6.07, 6.45) is 3.56. The first-order valence-corrected chi connectivity index (χ1v) is 6.49. The van der Waals surface area contributed by atoms with E-state index in [0.29, 0.717) is 0 Å². The molecule has 17 heavy (non-hydrogen) atoms. The SMILES string of the molecule is CCNC(c1cccs1)c1ccncc1OC. The van der Waals surface area contributed by atoms with Gasteiger partial charge in [0.2, 0.25) is 0 Å². The molecule has 0 aliphatic rings. The number of aromatic nitrogens is 1. The summed E-state index contributed by atoms with van der Waals surface area (Å²) in [5, 5.41) is 5.57. The normalized spacial score (nSPS) is 12.4. The fourth-order valence-corrected chi connectivity index (χ4v) is 2.64. The minimum absolute atomic E-state index is 0.179. The molecule has 0 bridgehead atoms. The van der Waals surface area contributed by atoms with E-state index in [2.05, 4.69) is 34.7 Å². The number of nitrogens with zero attached hydrogens (tertiary/aromatic N) is 1. The predicted octanol–water partition coefficient (Wildman–Crippen LogP) is 2.85. The van der Waals surface area contributed by atoms with Crippen molar-refractivity contribution >= 4 is 11.3 Å². The zero-order valence-electron chi connectivity index (χ0n) is 10.0. The quantitative estimate of drug-likeness (QED) is 0.883. The van der Waals surface area contributed by atoms with E-state index in [1.54, 1.807) is 30.8 Å². The molecule has 1 N–H and O–H groups in total. The van der Waals surface area contributed by atoms with Crippen LogP contribution in [0.3, 0.4) is 0 Å². The molecule has 0 fully saturated rings. The highest BCUT2D eigenvalue weighted by atomic mass is 32.1. The van der Waals surface area contributed by atoms with Crippen molar-refractivity contribution in [3.8, 4) is 5.75 Å². The number of hydrogen-bond donors (Lipinski definition) is 1. The Hall–Kier alpha value is -1.39. The first-order chi connectivity index (χ1) is 8.36. The van der Waals surface area contributed by atoms with Crippen molar-refractivity contribution in [1.29, 1.82) is 0 Å². The van der Waals surface area contributed by atoms with Crippen molar-refractivity contribution in [3.05, 3.63) is 46.4 Å². The Balaban J connectivity index is 2.39. The summed E-state index contributed by atoms with van der Waals surface area (Å²) < 4.78 is 5.37. The fraction of sp³-hybridized carbons (Fsp3) is 0.308. The van der Waals surface area contributed by atoms with Crippen LogP contribution in [0.5, 0.6) is 5.75 Å². The van der Waals surface area contributed by atoms with Gasteiger partial charge in [-0.15, -0.1) is 11.3 Å². The van der Waals surface area contributed by atoms with Gasteiger partial charge in [0.15, 0.2) is 0 Å². The van der Waals surface area contributed by atoms with E-state index in [9.17, 15) is 0 Å². The van der Waals surface area contributed by atoms with Crippen molar-refractivity contribution in [1.82, 2.24) is 10.3 Å². The van der Waals surface area contributed by atoms with Gasteiger partial charge in [-0.25, -0.2) is 0 Å². The number of rotatable bonds is 5. The molecule has 2 heterocycles. The molecule has 0 radical (unpaired) electrons. The molecule has 4 heteroatoms. The van der Waals surface area contributed by atoms with Crippen LogP contribution in [0.15, 0.2) is 36.0 Å². The number of pyridine rings is 1. The Morgan fingerprint density at radius 3 is 3.00 bits per heavy atom. The van der Waals surface area contributed by atoms with Crippen molar-refractivity contribution in [2.45, 2.75) is 13.0 Å². The van der Waals surface area contributed by atoms with Gasteiger partial charge >= 0.3 is 0 Å². The summed E-state index contributed by atoms with van der Waals surface area (Å²) in [4.78, 5) is 5.38. The molecule has 0 aliphatic carbocycles. The summed E-state index contributed by atoms with van der Waals surface area (Å²) in [5.41, 5.74) is 1.13. The molecule has 2 aromatic heterocycles. The third kappa shape index (κ3) is 2.65. The Bertz CT molecular complexity index is 456. The molecule has 0 aliphatic heterocycles. The van der Waals surface area contributed by atoms with Gasteiger partial charge in [0.1, 0.15) is 5.75 Å². The van der Waals surface area contributed by atoms with E-state index in [0.717, 1.165) is 17.9 Å². The summed E-state index contributed by atoms with van der Waals surface area (Å²) >= 11 is 1.75. The lowest BCUT2D eigenvalue weighted by molar-refractivity contribution is 0.402. The van der Waals surface area contributed by atoms with Gasteiger partial charge in [-0.2, -0.15) is 0 Å². The van der Waals surface area contributed by atoms with Crippen LogP contribution < -0.4 is 10.1 Å². The van der Waals surface area contributed by atoms with Crippen LogP contribution in [0.4, 0.5) is 0 Å². The minimum Gasteiger partial charge on any atom is -0.495 e. The largest absolute Gasteiger partial charge is 0.495 e. The van der Waals surface area contributed by atoms with Crippen LogP contribution in [0.2, 0.25) is 0 Å². The molecule has 3 nitrogen and oxygen atoms in total. The van der Waals surface area contributed by atoms with E-state index < -0.39 is 0 Å². The molecule has 90 valence electrons. The van der Waals surface area contributed by atoms with Gasteiger partial charge in [-0.05, 0) is 24.1 Å². The van der Waals surface area contributed by atoms with Crippen molar-refractivity contribution < 1.29 is 4.74 Å². The molecule has 0 amide bonds. The minimum atomic E-state index is 0.179.